The maximum Gasteiger partial charge on any atom is 0.332 e. The Morgan fingerprint density at radius 2 is 2.09 bits per heavy atom. The first-order valence-corrected chi connectivity index (χ1v) is 9.30. The number of fused-ring (bicyclic) bond motifs is 1. The molecule has 2 heterocycles. The van der Waals surface area contributed by atoms with Gasteiger partial charge in [0, 0.05) is 26.6 Å². The summed E-state index contributed by atoms with van der Waals surface area (Å²) in [5.41, 5.74) is 0.263. The zero-order chi connectivity index (χ0) is 16.8. The van der Waals surface area contributed by atoms with Crippen molar-refractivity contribution in [1.29, 1.82) is 0 Å². The standard InChI is InChI=1S/C14H18Cl2N4O2S/c1-18-8-17-11-10(18)12(21)20(13(22)19(11)2)4-3-5-23-7-9-6-14(9,15)16/h8-9H,3-7H2,1-2H3/t9-/m0/s1. The van der Waals surface area contributed by atoms with Crippen LogP contribution in [0, 0.1) is 5.92 Å². The van der Waals surface area contributed by atoms with Crippen LogP contribution in [-0.2, 0) is 20.6 Å². The maximum atomic E-state index is 12.5. The average molecular weight is 377 g/mol. The molecule has 0 spiro atoms. The van der Waals surface area contributed by atoms with Crippen molar-refractivity contribution in [2.45, 2.75) is 23.7 Å². The van der Waals surface area contributed by atoms with Crippen LogP contribution < -0.4 is 11.2 Å². The molecule has 2 aromatic rings. The second kappa shape index (κ2) is 6.18. The van der Waals surface area contributed by atoms with Crippen molar-refractivity contribution in [3.05, 3.63) is 27.2 Å². The van der Waals surface area contributed by atoms with Gasteiger partial charge in [0.1, 0.15) is 4.33 Å². The first-order valence-electron chi connectivity index (χ1n) is 7.39. The summed E-state index contributed by atoms with van der Waals surface area (Å²) in [6.07, 6.45) is 3.14. The summed E-state index contributed by atoms with van der Waals surface area (Å²) in [7, 11) is 3.39. The smallest absolute Gasteiger partial charge is 0.328 e. The molecule has 0 radical (unpaired) electrons. The Morgan fingerprint density at radius 3 is 2.74 bits per heavy atom. The van der Waals surface area contributed by atoms with Crippen LogP contribution in [0.15, 0.2) is 15.9 Å². The summed E-state index contributed by atoms with van der Waals surface area (Å²) >= 11 is 13.7. The van der Waals surface area contributed by atoms with Crippen molar-refractivity contribution in [2.75, 3.05) is 11.5 Å². The molecule has 9 heteroatoms. The molecule has 0 amide bonds. The number of halogens is 2. The molecule has 1 fully saturated rings. The van der Waals surface area contributed by atoms with Crippen molar-refractivity contribution in [2.24, 2.45) is 20.0 Å². The van der Waals surface area contributed by atoms with Crippen LogP contribution in [0.2, 0.25) is 0 Å². The average Bonchev–Trinajstić information content (AvgIpc) is 2.91. The molecule has 0 saturated heterocycles. The van der Waals surface area contributed by atoms with E-state index in [1.807, 2.05) is 0 Å². The molecular weight excluding hydrogens is 359 g/mol. The summed E-state index contributed by atoms with van der Waals surface area (Å²) in [4.78, 5) is 28.9. The van der Waals surface area contributed by atoms with Gasteiger partial charge < -0.3 is 4.57 Å². The van der Waals surface area contributed by atoms with Crippen LogP contribution in [0.4, 0.5) is 0 Å². The van der Waals surface area contributed by atoms with Crippen molar-refractivity contribution in [3.8, 4) is 0 Å². The molecule has 0 N–H and O–H groups in total. The van der Waals surface area contributed by atoms with Crippen LogP contribution in [0.1, 0.15) is 12.8 Å². The Kier molecular flexibility index (Phi) is 4.55. The zero-order valence-corrected chi connectivity index (χ0v) is 15.3. The molecule has 1 aliphatic carbocycles. The van der Waals surface area contributed by atoms with Crippen LogP contribution in [0.25, 0.3) is 11.2 Å². The topological polar surface area (TPSA) is 61.8 Å². The van der Waals surface area contributed by atoms with E-state index < -0.39 is 4.33 Å². The van der Waals surface area contributed by atoms with Gasteiger partial charge in [0.15, 0.2) is 11.2 Å². The highest BCUT2D eigenvalue weighted by molar-refractivity contribution is 7.99. The van der Waals surface area contributed by atoms with E-state index >= 15 is 0 Å². The number of imidazole rings is 1. The predicted octanol–water partition coefficient (Wildman–Crippen LogP) is 1.75. The van der Waals surface area contributed by atoms with Crippen LogP contribution in [-0.4, -0.2) is 34.5 Å². The molecule has 3 rings (SSSR count). The van der Waals surface area contributed by atoms with Gasteiger partial charge in [-0.1, -0.05) is 0 Å². The van der Waals surface area contributed by atoms with E-state index in [4.69, 9.17) is 23.2 Å². The van der Waals surface area contributed by atoms with Crippen molar-refractivity contribution >= 4 is 46.1 Å². The second-order valence-corrected chi connectivity index (χ2v) is 8.61. The minimum atomic E-state index is -0.537. The van der Waals surface area contributed by atoms with E-state index in [1.54, 1.807) is 36.8 Å². The van der Waals surface area contributed by atoms with Crippen molar-refractivity contribution < 1.29 is 0 Å². The van der Waals surface area contributed by atoms with Crippen LogP contribution in [0.5, 0.6) is 0 Å². The van der Waals surface area contributed by atoms with Gasteiger partial charge in [-0.3, -0.25) is 13.9 Å². The first kappa shape index (κ1) is 16.9. The minimum Gasteiger partial charge on any atom is -0.328 e. The predicted molar refractivity (Wildman–Crippen MR) is 94.7 cm³/mol. The van der Waals surface area contributed by atoms with Gasteiger partial charge in [0.25, 0.3) is 5.56 Å². The number of rotatable bonds is 6. The number of aromatic nitrogens is 4. The molecule has 1 atom stereocenters. The lowest BCUT2D eigenvalue weighted by atomic mass is 10.4. The molecule has 126 valence electrons. The Labute approximate surface area is 147 Å². The Balaban J connectivity index is 1.67. The lowest BCUT2D eigenvalue weighted by Gasteiger charge is -2.08. The SMILES string of the molecule is Cn1cnc2c1c(=O)n(CCCSC[C@@H]1CC1(Cl)Cl)c(=O)n2C. The summed E-state index contributed by atoms with van der Waals surface area (Å²) in [5, 5.41) is 0. The molecule has 0 unspecified atom stereocenters. The fourth-order valence-electron chi connectivity index (χ4n) is 2.59. The van der Waals surface area contributed by atoms with Gasteiger partial charge in [-0.25, -0.2) is 9.78 Å². The molecule has 0 aromatic carbocycles. The van der Waals surface area contributed by atoms with Crippen molar-refractivity contribution in [1.82, 2.24) is 18.7 Å². The van der Waals surface area contributed by atoms with E-state index in [-0.39, 0.29) is 11.2 Å². The molecular formula is C14H18Cl2N4O2S. The maximum absolute atomic E-state index is 12.5. The summed E-state index contributed by atoms with van der Waals surface area (Å²) in [5.74, 6) is 2.14. The lowest BCUT2D eigenvalue weighted by Crippen LogP contribution is -2.39. The molecule has 1 aliphatic rings. The van der Waals surface area contributed by atoms with E-state index in [2.05, 4.69) is 4.98 Å². The molecule has 0 aliphatic heterocycles. The highest BCUT2D eigenvalue weighted by Gasteiger charge is 2.50. The van der Waals surface area contributed by atoms with Gasteiger partial charge in [-0.2, -0.15) is 11.8 Å². The molecule has 6 nitrogen and oxygen atoms in total. The van der Waals surface area contributed by atoms with E-state index in [0.29, 0.717) is 23.6 Å². The monoisotopic (exact) mass is 376 g/mol. The Morgan fingerprint density at radius 1 is 1.39 bits per heavy atom. The fourth-order valence-corrected chi connectivity index (χ4v) is 4.49. The number of hydrogen-bond acceptors (Lipinski definition) is 4. The third-order valence-corrected chi connectivity index (χ3v) is 6.29. The third kappa shape index (κ3) is 3.19. The zero-order valence-electron chi connectivity index (χ0n) is 13.0. The van der Waals surface area contributed by atoms with Crippen LogP contribution >= 0.6 is 35.0 Å². The largest absolute Gasteiger partial charge is 0.332 e. The Hall–Kier alpha value is -0.920. The number of alkyl halides is 2. The van der Waals surface area contributed by atoms with E-state index in [1.165, 1.54) is 9.13 Å². The highest BCUT2D eigenvalue weighted by atomic mass is 35.5. The van der Waals surface area contributed by atoms with Gasteiger partial charge in [-0.15, -0.1) is 23.2 Å². The quantitative estimate of drug-likeness (QED) is 0.569. The summed E-state index contributed by atoms with van der Waals surface area (Å²) in [6, 6.07) is 0. The normalized spacial score (nSPS) is 19.4. The Bertz CT molecular complexity index is 855. The molecule has 1 saturated carbocycles. The van der Waals surface area contributed by atoms with Gasteiger partial charge in [0.05, 0.1) is 6.33 Å². The van der Waals surface area contributed by atoms with Gasteiger partial charge >= 0.3 is 5.69 Å². The highest BCUT2D eigenvalue weighted by Crippen LogP contribution is 2.54. The van der Waals surface area contributed by atoms with Gasteiger partial charge in [-0.05, 0) is 24.3 Å². The third-order valence-electron chi connectivity index (χ3n) is 4.15. The lowest BCUT2D eigenvalue weighted by molar-refractivity contribution is 0.594. The van der Waals surface area contributed by atoms with E-state index in [0.717, 1.165) is 24.3 Å². The fraction of sp³-hybridized carbons (Fsp3) is 0.643. The first-order chi connectivity index (χ1) is 10.8. The molecule has 0 bridgehead atoms. The molecule has 2 aromatic heterocycles. The number of nitrogens with zero attached hydrogens (tertiary/aromatic N) is 4. The molecule has 23 heavy (non-hydrogen) atoms. The van der Waals surface area contributed by atoms with E-state index in [9.17, 15) is 9.59 Å². The van der Waals surface area contributed by atoms with Gasteiger partial charge in [0.2, 0.25) is 0 Å². The van der Waals surface area contributed by atoms with Crippen molar-refractivity contribution in [3.63, 3.8) is 0 Å². The van der Waals surface area contributed by atoms with Crippen LogP contribution in [0.3, 0.4) is 0 Å². The summed E-state index contributed by atoms with van der Waals surface area (Å²) in [6.45, 7) is 0.400. The second-order valence-electron chi connectivity index (χ2n) is 5.92. The summed E-state index contributed by atoms with van der Waals surface area (Å²) < 4.78 is 3.82. The number of thioether (sulfide) groups is 1. The minimum absolute atomic E-state index is 0.282. The number of hydrogen-bond donors (Lipinski definition) is 0. The number of aryl methyl sites for hydroxylation is 2.